The van der Waals surface area contributed by atoms with E-state index in [1.165, 1.54) is 23.5 Å². The third-order valence-electron chi connectivity index (χ3n) is 5.55. The fraction of sp³-hybridized carbons (Fsp3) is 0.280. The fourth-order valence-electron chi connectivity index (χ4n) is 3.73. The lowest BCUT2D eigenvalue weighted by Gasteiger charge is -2.25. The third kappa shape index (κ3) is 5.59. The molecule has 8 heteroatoms. The third-order valence-corrected chi connectivity index (χ3v) is 5.55. The van der Waals surface area contributed by atoms with E-state index in [4.69, 9.17) is 13.9 Å². The molecule has 0 spiro atoms. The van der Waals surface area contributed by atoms with Crippen molar-refractivity contribution in [2.75, 3.05) is 26.7 Å². The summed E-state index contributed by atoms with van der Waals surface area (Å²) in [6.45, 7) is 0.781. The molecule has 1 atom stereocenters. The average Bonchev–Trinajstić information content (AvgIpc) is 3.32. The molecule has 1 saturated heterocycles. The van der Waals surface area contributed by atoms with E-state index in [2.05, 4.69) is 0 Å². The average molecular weight is 452 g/mol. The second kappa shape index (κ2) is 10.3. The molecule has 4 rings (SSSR count). The van der Waals surface area contributed by atoms with Gasteiger partial charge < -0.3 is 23.7 Å². The van der Waals surface area contributed by atoms with Crippen molar-refractivity contribution in [1.29, 1.82) is 0 Å². The smallest absolute Gasteiger partial charge is 0.257 e. The monoisotopic (exact) mass is 452 g/mol. The SMILES string of the molecule is COc1ccc(CN2C[C@@H](OCc3ccccc3F)CN(C(=O)c3ccoc3)CC2=O)cc1. The van der Waals surface area contributed by atoms with E-state index < -0.39 is 6.10 Å². The summed E-state index contributed by atoms with van der Waals surface area (Å²) < 4.78 is 30.3. The van der Waals surface area contributed by atoms with Crippen LogP contribution in [-0.4, -0.2) is 54.5 Å². The lowest BCUT2D eigenvalue weighted by Crippen LogP contribution is -2.39. The number of methoxy groups -OCH3 is 1. The van der Waals surface area contributed by atoms with Crippen molar-refractivity contribution >= 4 is 11.8 Å². The van der Waals surface area contributed by atoms with Crippen LogP contribution >= 0.6 is 0 Å². The first-order valence-corrected chi connectivity index (χ1v) is 10.6. The first-order chi connectivity index (χ1) is 16.0. The van der Waals surface area contributed by atoms with Crippen LogP contribution in [0, 0.1) is 5.82 Å². The number of carbonyl (C=O) groups excluding carboxylic acids is 2. The Labute approximate surface area is 191 Å². The van der Waals surface area contributed by atoms with Crippen LogP contribution in [0.15, 0.2) is 71.5 Å². The normalized spacial score (nSPS) is 16.5. The van der Waals surface area contributed by atoms with Gasteiger partial charge in [-0.05, 0) is 29.8 Å². The predicted molar refractivity (Wildman–Crippen MR) is 118 cm³/mol. The van der Waals surface area contributed by atoms with Crippen LogP contribution in [0.4, 0.5) is 4.39 Å². The molecule has 172 valence electrons. The molecule has 1 aromatic heterocycles. The molecule has 0 N–H and O–H groups in total. The Morgan fingerprint density at radius 1 is 1.12 bits per heavy atom. The highest BCUT2D eigenvalue weighted by atomic mass is 19.1. The standard InChI is InChI=1S/C25H25FN2O5/c1-31-21-8-6-18(7-9-21)12-27-13-22(33-17-19-4-2-3-5-23(19)26)14-28(15-24(27)29)25(30)20-10-11-32-16-20/h2-11,16,22H,12-15,17H2,1H3/t22-/m1/s1. The minimum atomic E-state index is -0.495. The minimum absolute atomic E-state index is 0.0373. The molecular weight excluding hydrogens is 427 g/mol. The van der Waals surface area contributed by atoms with Gasteiger partial charge in [-0.1, -0.05) is 30.3 Å². The molecule has 3 aromatic rings. The number of carbonyl (C=O) groups is 2. The molecule has 1 aliphatic rings. The number of rotatable bonds is 7. The molecule has 0 unspecified atom stereocenters. The zero-order valence-electron chi connectivity index (χ0n) is 18.3. The van der Waals surface area contributed by atoms with Crippen LogP contribution in [0.5, 0.6) is 5.75 Å². The van der Waals surface area contributed by atoms with Crippen molar-refractivity contribution in [3.8, 4) is 5.75 Å². The Morgan fingerprint density at radius 3 is 2.61 bits per heavy atom. The Kier molecular flexibility index (Phi) is 7.04. The lowest BCUT2D eigenvalue weighted by molar-refractivity contribution is -0.132. The molecule has 33 heavy (non-hydrogen) atoms. The van der Waals surface area contributed by atoms with Gasteiger partial charge in [0.2, 0.25) is 5.91 Å². The molecule has 1 aliphatic heterocycles. The number of ether oxygens (including phenoxy) is 2. The van der Waals surface area contributed by atoms with Gasteiger partial charge in [0.1, 0.15) is 24.4 Å². The number of hydrogen-bond donors (Lipinski definition) is 0. The fourth-order valence-corrected chi connectivity index (χ4v) is 3.73. The van der Waals surface area contributed by atoms with E-state index in [1.54, 1.807) is 36.3 Å². The molecule has 0 saturated carbocycles. The summed E-state index contributed by atoms with van der Waals surface area (Å²) >= 11 is 0. The zero-order valence-corrected chi connectivity index (χ0v) is 18.3. The highest BCUT2D eigenvalue weighted by molar-refractivity contribution is 5.96. The highest BCUT2D eigenvalue weighted by Gasteiger charge is 2.32. The maximum atomic E-state index is 14.1. The quantitative estimate of drug-likeness (QED) is 0.549. The number of hydrogen-bond acceptors (Lipinski definition) is 5. The summed E-state index contributed by atoms with van der Waals surface area (Å²) in [5, 5.41) is 0. The van der Waals surface area contributed by atoms with Gasteiger partial charge in [0.15, 0.2) is 0 Å². The van der Waals surface area contributed by atoms with Gasteiger partial charge in [-0.3, -0.25) is 9.59 Å². The molecule has 1 fully saturated rings. The Balaban J connectivity index is 1.52. The zero-order chi connectivity index (χ0) is 23.2. The van der Waals surface area contributed by atoms with Crippen LogP contribution in [0.25, 0.3) is 0 Å². The van der Waals surface area contributed by atoms with Crippen molar-refractivity contribution in [1.82, 2.24) is 9.80 Å². The predicted octanol–water partition coefficient (Wildman–Crippen LogP) is 3.50. The highest BCUT2D eigenvalue weighted by Crippen LogP contribution is 2.18. The van der Waals surface area contributed by atoms with E-state index in [0.29, 0.717) is 17.7 Å². The molecule has 0 aliphatic carbocycles. The summed E-state index contributed by atoms with van der Waals surface area (Å²) in [5.41, 5.74) is 1.70. The molecular formula is C25H25FN2O5. The molecule has 0 bridgehead atoms. The summed E-state index contributed by atoms with van der Waals surface area (Å²) in [6, 6.07) is 15.4. The van der Waals surface area contributed by atoms with Crippen LogP contribution in [0.1, 0.15) is 21.5 Å². The molecule has 2 amide bonds. The number of halogens is 1. The number of amides is 2. The van der Waals surface area contributed by atoms with Gasteiger partial charge >= 0.3 is 0 Å². The largest absolute Gasteiger partial charge is 0.497 e. The van der Waals surface area contributed by atoms with Gasteiger partial charge in [-0.25, -0.2) is 4.39 Å². The molecule has 2 aromatic carbocycles. The van der Waals surface area contributed by atoms with Crippen molar-refractivity contribution < 1.29 is 27.9 Å². The Morgan fingerprint density at radius 2 is 1.91 bits per heavy atom. The van der Waals surface area contributed by atoms with Crippen LogP contribution in [0.3, 0.4) is 0 Å². The summed E-state index contributed by atoms with van der Waals surface area (Å²) in [6.07, 6.45) is 2.27. The molecule has 2 heterocycles. The summed E-state index contributed by atoms with van der Waals surface area (Å²) in [7, 11) is 1.59. The second-order valence-electron chi connectivity index (χ2n) is 7.84. The second-order valence-corrected chi connectivity index (χ2v) is 7.84. The van der Waals surface area contributed by atoms with E-state index in [1.807, 2.05) is 24.3 Å². The molecule has 0 radical (unpaired) electrons. The topological polar surface area (TPSA) is 72.2 Å². The van der Waals surface area contributed by atoms with Gasteiger partial charge in [0.25, 0.3) is 5.91 Å². The van der Waals surface area contributed by atoms with E-state index in [9.17, 15) is 14.0 Å². The molecule has 7 nitrogen and oxygen atoms in total. The number of nitrogens with zero attached hydrogens (tertiary/aromatic N) is 2. The van der Waals surface area contributed by atoms with Crippen LogP contribution in [0.2, 0.25) is 0 Å². The summed E-state index contributed by atoms with van der Waals surface area (Å²) in [4.78, 5) is 29.1. The maximum absolute atomic E-state index is 14.1. The van der Waals surface area contributed by atoms with E-state index in [-0.39, 0.29) is 43.9 Å². The van der Waals surface area contributed by atoms with Crippen molar-refractivity contribution in [2.24, 2.45) is 0 Å². The number of furan rings is 1. The van der Waals surface area contributed by atoms with Crippen molar-refractivity contribution in [3.05, 3.63) is 89.6 Å². The van der Waals surface area contributed by atoms with Crippen LogP contribution in [-0.2, 0) is 22.7 Å². The van der Waals surface area contributed by atoms with Gasteiger partial charge in [-0.15, -0.1) is 0 Å². The first-order valence-electron chi connectivity index (χ1n) is 10.6. The minimum Gasteiger partial charge on any atom is -0.497 e. The van der Waals surface area contributed by atoms with E-state index in [0.717, 1.165) is 11.3 Å². The maximum Gasteiger partial charge on any atom is 0.257 e. The first kappa shape index (κ1) is 22.5. The summed E-state index contributed by atoms with van der Waals surface area (Å²) in [5.74, 6) is -0.143. The van der Waals surface area contributed by atoms with E-state index >= 15 is 0 Å². The lowest BCUT2D eigenvalue weighted by atomic mass is 10.2. The number of benzene rings is 2. The van der Waals surface area contributed by atoms with Crippen molar-refractivity contribution in [3.63, 3.8) is 0 Å². The Hall–Kier alpha value is -3.65. The van der Waals surface area contributed by atoms with Gasteiger partial charge in [-0.2, -0.15) is 0 Å². The van der Waals surface area contributed by atoms with Gasteiger partial charge in [0.05, 0.1) is 31.6 Å². The van der Waals surface area contributed by atoms with Crippen LogP contribution < -0.4 is 4.74 Å². The van der Waals surface area contributed by atoms with Crippen molar-refractivity contribution in [2.45, 2.75) is 19.3 Å². The Bertz CT molecular complexity index is 1080. The van der Waals surface area contributed by atoms with Gasteiger partial charge in [0, 0.05) is 25.2 Å².